The van der Waals surface area contributed by atoms with Gasteiger partial charge in [-0.05, 0) is 31.5 Å². The first-order valence-electron chi connectivity index (χ1n) is 6.82. The predicted octanol–water partition coefficient (Wildman–Crippen LogP) is 1.36. The largest absolute Gasteiger partial charge is 0.491 e. The van der Waals surface area contributed by atoms with E-state index in [1.807, 2.05) is 38.1 Å². The van der Waals surface area contributed by atoms with Crippen LogP contribution in [0.3, 0.4) is 0 Å². The van der Waals surface area contributed by atoms with Gasteiger partial charge in [-0.3, -0.25) is 0 Å². The van der Waals surface area contributed by atoms with E-state index in [2.05, 4.69) is 0 Å². The monoisotopic (exact) mass is 284 g/mol. The molecule has 0 aliphatic carbocycles. The average molecular weight is 284 g/mol. The van der Waals surface area contributed by atoms with Crippen molar-refractivity contribution in [2.75, 3.05) is 26.4 Å². The fraction of sp³-hybridized carbons (Fsp3) is 0.600. The second-order valence-corrected chi connectivity index (χ2v) is 4.76. The Morgan fingerprint density at radius 1 is 1.10 bits per heavy atom. The van der Waals surface area contributed by atoms with E-state index in [-0.39, 0.29) is 19.3 Å². The van der Waals surface area contributed by atoms with Crippen LogP contribution in [0, 0.1) is 0 Å². The van der Waals surface area contributed by atoms with Gasteiger partial charge >= 0.3 is 0 Å². The third kappa shape index (κ3) is 7.45. The van der Waals surface area contributed by atoms with Crippen LogP contribution in [-0.2, 0) is 16.1 Å². The van der Waals surface area contributed by atoms with E-state index in [1.54, 1.807) is 0 Å². The minimum Gasteiger partial charge on any atom is -0.491 e. The number of ether oxygens (including phenoxy) is 3. The molecule has 0 fully saturated rings. The van der Waals surface area contributed by atoms with E-state index in [0.717, 1.165) is 5.56 Å². The van der Waals surface area contributed by atoms with Crippen molar-refractivity contribution >= 4 is 0 Å². The second kappa shape index (κ2) is 9.72. The van der Waals surface area contributed by atoms with Gasteiger partial charge in [-0.1, -0.05) is 12.1 Å². The molecule has 0 bridgehead atoms. The van der Waals surface area contributed by atoms with Crippen molar-refractivity contribution in [3.63, 3.8) is 0 Å². The highest BCUT2D eigenvalue weighted by Gasteiger charge is 2.03. The molecule has 0 heterocycles. The van der Waals surface area contributed by atoms with Crippen molar-refractivity contribution in [1.82, 2.24) is 0 Å². The van der Waals surface area contributed by atoms with E-state index in [4.69, 9.17) is 19.3 Å². The summed E-state index contributed by atoms with van der Waals surface area (Å²) in [6.45, 7) is 5.46. The van der Waals surface area contributed by atoms with Crippen LogP contribution in [0.4, 0.5) is 0 Å². The molecule has 0 radical (unpaired) electrons. The molecule has 0 saturated carbocycles. The quantitative estimate of drug-likeness (QED) is 0.635. The van der Waals surface area contributed by atoms with Crippen LogP contribution in [0.1, 0.15) is 19.4 Å². The van der Waals surface area contributed by atoms with Crippen LogP contribution in [0.15, 0.2) is 24.3 Å². The van der Waals surface area contributed by atoms with E-state index in [0.29, 0.717) is 25.6 Å². The van der Waals surface area contributed by atoms with Gasteiger partial charge < -0.3 is 24.4 Å². The lowest BCUT2D eigenvalue weighted by Crippen LogP contribution is -2.21. The summed E-state index contributed by atoms with van der Waals surface area (Å²) in [5, 5.41) is 17.8. The minimum absolute atomic E-state index is 0.0822. The first kappa shape index (κ1) is 16.9. The molecule has 114 valence electrons. The highest BCUT2D eigenvalue weighted by Crippen LogP contribution is 2.13. The normalized spacial score (nSPS) is 12.7. The van der Waals surface area contributed by atoms with Gasteiger partial charge in [-0.2, -0.15) is 0 Å². The third-order valence-electron chi connectivity index (χ3n) is 2.52. The zero-order valence-corrected chi connectivity index (χ0v) is 12.1. The standard InChI is InChI=1S/C15H24O5/c1-12(2)19-8-7-18-10-13-3-5-15(6-4-13)20-11-14(17)9-16/h3-6,12,14,16-17H,7-11H2,1-2H3. The summed E-state index contributed by atoms with van der Waals surface area (Å²) >= 11 is 0. The maximum Gasteiger partial charge on any atom is 0.119 e. The first-order chi connectivity index (χ1) is 9.61. The molecule has 0 aromatic heterocycles. The summed E-state index contributed by atoms with van der Waals surface area (Å²) in [7, 11) is 0. The lowest BCUT2D eigenvalue weighted by molar-refractivity contribution is 0.0143. The molecule has 0 amide bonds. The maximum absolute atomic E-state index is 9.17. The zero-order valence-electron chi connectivity index (χ0n) is 12.1. The van der Waals surface area contributed by atoms with Crippen molar-refractivity contribution in [1.29, 1.82) is 0 Å². The van der Waals surface area contributed by atoms with Crippen LogP contribution in [0.5, 0.6) is 5.75 Å². The molecule has 2 N–H and O–H groups in total. The molecule has 0 aliphatic rings. The van der Waals surface area contributed by atoms with Crippen molar-refractivity contribution in [2.45, 2.75) is 32.7 Å². The molecule has 5 heteroatoms. The Hall–Kier alpha value is -1.14. The lowest BCUT2D eigenvalue weighted by atomic mass is 10.2. The van der Waals surface area contributed by atoms with Crippen molar-refractivity contribution < 1.29 is 24.4 Å². The Bertz CT molecular complexity index is 350. The van der Waals surface area contributed by atoms with Crippen molar-refractivity contribution in [3.8, 4) is 5.75 Å². The van der Waals surface area contributed by atoms with Gasteiger partial charge in [-0.25, -0.2) is 0 Å². The Morgan fingerprint density at radius 2 is 1.80 bits per heavy atom. The van der Waals surface area contributed by atoms with Gasteiger partial charge in [0, 0.05) is 0 Å². The minimum atomic E-state index is -0.848. The predicted molar refractivity (Wildman–Crippen MR) is 75.8 cm³/mol. The van der Waals surface area contributed by atoms with Crippen molar-refractivity contribution in [3.05, 3.63) is 29.8 Å². The molecule has 5 nitrogen and oxygen atoms in total. The summed E-state index contributed by atoms with van der Waals surface area (Å²) in [4.78, 5) is 0. The molecule has 0 saturated heterocycles. The highest BCUT2D eigenvalue weighted by atomic mass is 16.5. The third-order valence-corrected chi connectivity index (χ3v) is 2.52. The number of rotatable bonds is 10. The van der Waals surface area contributed by atoms with Gasteiger partial charge in [0.25, 0.3) is 0 Å². The number of benzene rings is 1. The first-order valence-corrected chi connectivity index (χ1v) is 6.82. The summed E-state index contributed by atoms with van der Waals surface area (Å²) in [5.41, 5.74) is 1.05. The molecule has 1 aromatic rings. The smallest absolute Gasteiger partial charge is 0.119 e. The fourth-order valence-electron chi connectivity index (χ4n) is 1.46. The Balaban J connectivity index is 2.21. The summed E-state index contributed by atoms with van der Waals surface area (Å²) in [5.74, 6) is 0.657. The summed E-state index contributed by atoms with van der Waals surface area (Å²) in [6, 6.07) is 7.44. The molecule has 0 spiro atoms. The van der Waals surface area contributed by atoms with Crippen LogP contribution in [0.25, 0.3) is 0 Å². The molecule has 1 unspecified atom stereocenters. The summed E-state index contributed by atoms with van der Waals surface area (Å²) in [6.07, 6.45) is -0.622. The molecule has 20 heavy (non-hydrogen) atoms. The Morgan fingerprint density at radius 3 is 2.40 bits per heavy atom. The van der Waals surface area contributed by atoms with Gasteiger partial charge in [0.15, 0.2) is 0 Å². The van der Waals surface area contributed by atoms with Crippen LogP contribution >= 0.6 is 0 Å². The SMILES string of the molecule is CC(C)OCCOCc1ccc(OCC(O)CO)cc1. The topological polar surface area (TPSA) is 68.2 Å². The molecule has 1 rings (SSSR count). The van der Waals surface area contributed by atoms with Gasteiger partial charge in [0.1, 0.15) is 18.5 Å². The van der Waals surface area contributed by atoms with E-state index in [1.165, 1.54) is 0 Å². The van der Waals surface area contributed by atoms with Crippen LogP contribution in [0.2, 0.25) is 0 Å². The van der Waals surface area contributed by atoms with Crippen LogP contribution < -0.4 is 4.74 Å². The molecule has 1 aromatic carbocycles. The molecular weight excluding hydrogens is 260 g/mol. The zero-order chi connectivity index (χ0) is 14.8. The lowest BCUT2D eigenvalue weighted by Gasteiger charge is -2.11. The van der Waals surface area contributed by atoms with Gasteiger partial charge in [0.2, 0.25) is 0 Å². The van der Waals surface area contributed by atoms with Crippen molar-refractivity contribution in [2.24, 2.45) is 0 Å². The van der Waals surface area contributed by atoms with E-state index < -0.39 is 6.10 Å². The Labute approximate surface area is 120 Å². The highest BCUT2D eigenvalue weighted by molar-refractivity contribution is 5.26. The maximum atomic E-state index is 9.17. The van der Waals surface area contributed by atoms with Crippen LogP contribution in [-0.4, -0.2) is 48.8 Å². The number of hydrogen-bond donors (Lipinski definition) is 2. The number of aliphatic hydroxyl groups excluding tert-OH is 2. The fourth-order valence-corrected chi connectivity index (χ4v) is 1.46. The number of hydrogen-bond acceptors (Lipinski definition) is 5. The van der Waals surface area contributed by atoms with Gasteiger partial charge in [-0.15, -0.1) is 0 Å². The molecule has 1 atom stereocenters. The number of aliphatic hydroxyl groups is 2. The summed E-state index contributed by atoms with van der Waals surface area (Å²) < 4.78 is 16.2. The van der Waals surface area contributed by atoms with E-state index in [9.17, 15) is 5.11 Å². The van der Waals surface area contributed by atoms with Gasteiger partial charge in [0.05, 0.1) is 32.5 Å². The molecular formula is C15H24O5. The second-order valence-electron chi connectivity index (χ2n) is 4.76. The average Bonchev–Trinajstić information content (AvgIpc) is 2.45. The molecule has 0 aliphatic heterocycles. The Kier molecular flexibility index (Phi) is 8.22. The van der Waals surface area contributed by atoms with E-state index >= 15 is 0 Å².